The Bertz CT molecular complexity index is 974. The third-order valence-corrected chi connectivity index (χ3v) is 6.14. The first-order valence-corrected chi connectivity index (χ1v) is 12.0. The number of carbonyl (C=O) groups excluding carboxylic acids is 2. The van der Waals surface area contributed by atoms with Crippen molar-refractivity contribution in [2.45, 2.75) is 53.1 Å². The Kier molecular flexibility index (Phi) is 8.48. The summed E-state index contributed by atoms with van der Waals surface area (Å²) >= 11 is 6.37. The van der Waals surface area contributed by atoms with Gasteiger partial charge >= 0.3 is 0 Å². The number of hydrogen-bond donors (Lipinski definition) is 0. The van der Waals surface area contributed by atoms with E-state index in [0.29, 0.717) is 42.8 Å². The van der Waals surface area contributed by atoms with Gasteiger partial charge in [0.2, 0.25) is 5.91 Å². The summed E-state index contributed by atoms with van der Waals surface area (Å²) in [5, 5.41) is 8.52. The van der Waals surface area contributed by atoms with Crippen LogP contribution in [0.3, 0.4) is 0 Å². The monoisotopic (exact) mass is 474 g/mol. The lowest BCUT2D eigenvalue weighted by Gasteiger charge is -2.29. The molecule has 2 aromatic rings. The number of halogens is 1. The first kappa shape index (κ1) is 25.2. The molecule has 0 atom stereocenters. The van der Waals surface area contributed by atoms with Crippen molar-refractivity contribution < 1.29 is 9.59 Å². The lowest BCUT2D eigenvalue weighted by atomic mass is 10.1. The predicted octanol–water partition coefficient (Wildman–Crippen LogP) is 3.60. The molecule has 180 valence electrons. The molecule has 2 heterocycles. The Labute approximate surface area is 201 Å². The van der Waals surface area contributed by atoms with Crippen LogP contribution < -0.4 is 4.90 Å². The summed E-state index contributed by atoms with van der Waals surface area (Å²) in [6, 6.07) is 5.91. The van der Waals surface area contributed by atoms with Crippen LogP contribution in [0.1, 0.15) is 56.6 Å². The van der Waals surface area contributed by atoms with Crippen LogP contribution in [-0.4, -0.2) is 68.8 Å². The Morgan fingerprint density at radius 2 is 1.85 bits per heavy atom. The number of fused-ring (bicyclic) bond motifs is 1. The van der Waals surface area contributed by atoms with Gasteiger partial charge in [-0.1, -0.05) is 36.7 Å². The summed E-state index contributed by atoms with van der Waals surface area (Å²) < 4.78 is 1.53. The minimum Gasteiger partial charge on any atom is -0.332 e. The van der Waals surface area contributed by atoms with Crippen molar-refractivity contribution in [2.75, 3.05) is 31.1 Å². The van der Waals surface area contributed by atoms with Gasteiger partial charge in [-0.15, -0.1) is 5.10 Å². The molecule has 0 saturated carbocycles. The SMILES string of the molecule is CC(C)CC(=O)N1CCCN(C(C)C)CCN(C(=O)c2cn(C)nn2)Cc2ccc(Cl)cc21. The van der Waals surface area contributed by atoms with Gasteiger partial charge in [0.25, 0.3) is 5.91 Å². The Balaban J connectivity index is 2.02. The van der Waals surface area contributed by atoms with Gasteiger partial charge in [-0.25, -0.2) is 0 Å². The second kappa shape index (κ2) is 11.1. The van der Waals surface area contributed by atoms with Gasteiger partial charge in [0.15, 0.2) is 5.69 Å². The Morgan fingerprint density at radius 3 is 2.48 bits per heavy atom. The van der Waals surface area contributed by atoms with Crippen LogP contribution in [0.4, 0.5) is 5.69 Å². The topological polar surface area (TPSA) is 74.6 Å². The van der Waals surface area contributed by atoms with Gasteiger partial charge in [-0.05, 0) is 43.9 Å². The molecule has 0 bridgehead atoms. The zero-order chi connectivity index (χ0) is 24.1. The average Bonchev–Trinajstić information content (AvgIpc) is 3.16. The van der Waals surface area contributed by atoms with Crippen molar-refractivity contribution in [3.8, 4) is 0 Å². The molecule has 0 saturated heterocycles. The van der Waals surface area contributed by atoms with E-state index in [1.807, 2.05) is 36.9 Å². The highest BCUT2D eigenvalue weighted by Gasteiger charge is 2.26. The van der Waals surface area contributed by atoms with Gasteiger partial charge in [-0.3, -0.25) is 19.2 Å². The minimum atomic E-state index is -0.174. The molecule has 33 heavy (non-hydrogen) atoms. The van der Waals surface area contributed by atoms with E-state index in [0.717, 1.165) is 30.8 Å². The zero-order valence-corrected chi connectivity index (χ0v) is 21.0. The minimum absolute atomic E-state index is 0.0793. The number of carbonyl (C=O) groups is 2. The summed E-state index contributed by atoms with van der Waals surface area (Å²) in [5.74, 6) is 0.155. The zero-order valence-electron chi connectivity index (χ0n) is 20.3. The van der Waals surface area contributed by atoms with E-state index in [1.54, 1.807) is 18.1 Å². The van der Waals surface area contributed by atoms with Crippen molar-refractivity contribution >= 4 is 29.1 Å². The van der Waals surface area contributed by atoms with Gasteiger partial charge in [-0.2, -0.15) is 0 Å². The fraction of sp³-hybridized carbons (Fsp3) is 0.583. The van der Waals surface area contributed by atoms with E-state index in [9.17, 15) is 9.59 Å². The average molecular weight is 475 g/mol. The Morgan fingerprint density at radius 1 is 1.09 bits per heavy atom. The number of hydrogen-bond acceptors (Lipinski definition) is 5. The quantitative estimate of drug-likeness (QED) is 0.676. The van der Waals surface area contributed by atoms with Crippen molar-refractivity contribution in [3.63, 3.8) is 0 Å². The van der Waals surface area contributed by atoms with Gasteiger partial charge < -0.3 is 9.80 Å². The van der Waals surface area contributed by atoms with Crippen LogP contribution in [0.2, 0.25) is 5.02 Å². The fourth-order valence-electron chi connectivity index (χ4n) is 4.14. The molecule has 2 amide bonds. The maximum atomic E-state index is 13.4. The first-order chi connectivity index (χ1) is 15.7. The highest BCUT2D eigenvalue weighted by Crippen LogP contribution is 2.29. The number of aromatic nitrogens is 3. The maximum Gasteiger partial charge on any atom is 0.276 e. The molecular weight excluding hydrogens is 440 g/mol. The van der Waals surface area contributed by atoms with Crippen LogP contribution in [-0.2, 0) is 18.4 Å². The van der Waals surface area contributed by atoms with Gasteiger partial charge in [0.1, 0.15) is 0 Å². The molecule has 0 N–H and O–H groups in total. The first-order valence-electron chi connectivity index (χ1n) is 11.6. The molecule has 0 fully saturated rings. The number of nitrogens with zero attached hydrogens (tertiary/aromatic N) is 6. The summed E-state index contributed by atoms with van der Waals surface area (Å²) in [7, 11) is 1.74. The molecule has 1 aliphatic rings. The highest BCUT2D eigenvalue weighted by molar-refractivity contribution is 6.31. The third kappa shape index (κ3) is 6.54. The highest BCUT2D eigenvalue weighted by atomic mass is 35.5. The normalized spacial score (nSPS) is 16.1. The Hall–Kier alpha value is -2.45. The van der Waals surface area contributed by atoms with E-state index in [-0.39, 0.29) is 17.7 Å². The second-order valence-electron chi connectivity index (χ2n) is 9.40. The summed E-state index contributed by atoms with van der Waals surface area (Å²) in [4.78, 5) is 32.6. The van der Waals surface area contributed by atoms with Crippen molar-refractivity contribution in [3.05, 3.63) is 40.7 Å². The molecular formula is C24H35ClN6O2. The van der Waals surface area contributed by atoms with Crippen LogP contribution in [0.5, 0.6) is 0 Å². The largest absolute Gasteiger partial charge is 0.332 e. The number of aryl methyl sites for hydroxylation is 1. The molecule has 8 nitrogen and oxygen atoms in total. The summed E-state index contributed by atoms with van der Waals surface area (Å²) in [5.41, 5.74) is 1.99. The van der Waals surface area contributed by atoms with Gasteiger partial charge in [0.05, 0.1) is 11.9 Å². The van der Waals surface area contributed by atoms with E-state index < -0.39 is 0 Å². The summed E-state index contributed by atoms with van der Waals surface area (Å²) in [6.45, 7) is 11.5. The molecule has 0 aliphatic carbocycles. The van der Waals surface area contributed by atoms with Crippen LogP contribution in [0.25, 0.3) is 0 Å². The fourth-order valence-corrected chi connectivity index (χ4v) is 4.30. The lowest BCUT2D eigenvalue weighted by Crippen LogP contribution is -2.41. The number of rotatable bonds is 4. The maximum absolute atomic E-state index is 13.4. The number of benzene rings is 1. The van der Waals surface area contributed by atoms with Crippen LogP contribution in [0, 0.1) is 5.92 Å². The van der Waals surface area contributed by atoms with E-state index in [4.69, 9.17) is 11.6 Å². The van der Waals surface area contributed by atoms with Gasteiger partial charge in [0, 0.05) is 57.3 Å². The molecule has 1 aliphatic heterocycles. The molecule has 3 rings (SSSR count). The van der Waals surface area contributed by atoms with E-state index in [2.05, 4.69) is 29.1 Å². The van der Waals surface area contributed by atoms with Crippen molar-refractivity contribution in [1.82, 2.24) is 24.8 Å². The number of amides is 2. The number of anilines is 1. The van der Waals surface area contributed by atoms with E-state index >= 15 is 0 Å². The van der Waals surface area contributed by atoms with Crippen LogP contribution in [0.15, 0.2) is 24.4 Å². The van der Waals surface area contributed by atoms with E-state index in [1.165, 1.54) is 4.68 Å². The molecule has 1 aromatic heterocycles. The molecule has 0 unspecified atom stereocenters. The molecule has 0 spiro atoms. The standard InChI is InChI=1S/C24H35ClN6O2/c1-17(2)13-23(32)31-10-6-9-29(18(3)4)11-12-30(24(33)21-16-28(5)27-26-21)15-19-7-8-20(25)14-22(19)31/h7-8,14,16-18H,6,9-13,15H2,1-5H3. The molecule has 1 aromatic carbocycles. The molecule has 9 heteroatoms. The predicted molar refractivity (Wildman–Crippen MR) is 130 cm³/mol. The lowest BCUT2D eigenvalue weighted by molar-refractivity contribution is -0.119. The second-order valence-corrected chi connectivity index (χ2v) is 9.84. The summed E-state index contributed by atoms with van der Waals surface area (Å²) in [6.07, 6.45) is 2.93. The van der Waals surface area contributed by atoms with Crippen molar-refractivity contribution in [2.24, 2.45) is 13.0 Å². The van der Waals surface area contributed by atoms with Crippen LogP contribution >= 0.6 is 11.6 Å². The third-order valence-electron chi connectivity index (χ3n) is 5.91. The smallest absolute Gasteiger partial charge is 0.276 e. The molecule has 0 radical (unpaired) electrons. The van der Waals surface area contributed by atoms with Crippen molar-refractivity contribution in [1.29, 1.82) is 0 Å².